The fourth-order valence-corrected chi connectivity index (χ4v) is 1.90. The van der Waals surface area contributed by atoms with Crippen LogP contribution in [0.25, 0.3) is 0 Å². The van der Waals surface area contributed by atoms with E-state index in [4.69, 9.17) is 23.2 Å². The van der Waals surface area contributed by atoms with E-state index in [-0.39, 0.29) is 11.9 Å². The predicted molar refractivity (Wildman–Crippen MR) is 104 cm³/mol. The summed E-state index contributed by atoms with van der Waals surface area (Å²) in [6.07, 6.45) is 0. The van der Waals surface area contributed by atoms with Crippen LogP contribution < -0.4 is 45.7 Å². The largest absolute Gasteiger partial charge is 0.497 e. The van der Waals surface area contributed by atoms with Crippen molar-refractivity contribution in [3.05, 3.63) is 34.8 Å². The summed E-state index contributed by atoms with van der Waals surface area (Å²) in [5.41, 5.74) is 9.71. The number of hydrazone groups is 2. The van der Waals surface area contributed by atoms with E-state index in [0.717, 1.165) is 0 Å². The minimum atomic E-state index is -1.50. The number of nitrogens with two attached hydrogens (primary N) is 6. The number of hydrogen-bond donors (Lipinski definition) is 10. The van der Waals surface area contributed by atoms with Crippen molar-refractivity contribution in [2.24, 2.45) is 45.0 Å². The van der Waals surface area contributed by atoms with Gasteiger partial charge in [0.1, 0.15) is 0 Å². The first-order valence-corrected chi connectivity index (χ1v) is 7.31. The summed E-state index contributed by atoms with van der Waals surface area (Å²) in [4.78, 5) is 27.8. The molecule has 0 fully saturated rings. The third-order valence-corrected chi connectivity index (χ3v) is 3.19. The Bertz CT molecular complexity index is 738. The molecule has 1 rings (SSSR count). The highest BCUT2D eigenvalue weighted by Gasteiger charge is 2.41. The van der Waals surface area contributed by atoms with Crippen LogP contribution >= 0.6 is 15.9 Å². The van der Waals surface area contributed by atoms with Crippen molar-refractivity contribution >= 4 is 44.9 Å². The lowest BCUT2D eigenvalue weighted by atomic mass is 10.2. The molecule has 0 unspecified atom stereocenters. The summed E-state index contributed by atoms with van der Waals surface area (Å²) >= 11 is 2.44. The highest BCUT2D eigenvalue weighted by atomic mass is 79.9. The van der Waals surface area contributed by atoms with E-state index in [2.05, 4.69) is 37.8 Å². The zero-order chi connectivity index (χ0) is 24.2. The maximum Gasteiger partial charge on any atom is 0.366 e. The molecular weight excluding hydrogens is 486 g/mol. The Kier molecular flexibility index (Phi) is 11.9. The molecule has 0 atom stereocenters. The Balaban J connectivity index is 0. The number of nitrogens with one attached hydrogen (secondary N) is 2. The standard InChI is InChI=1S/C6H2BrN3O8.2CH7N5/c7-1-2(8(13)14)5(11)4(10(17)18)6(12)3(1)9(15)16;2*2-1(5-3)6-4/h11-12H;2*3-4H2,(H3,2,5,6). The van der Waals surface area contributed by atoms with Crippen molar-refractivity contribution in [3.63, 3.8) is 0 Å². The van der Waals surface area contributed by atoms with E-state index in [1.54, 1.807) is 0 Å². The van der Waals surface area contributed by atoms with Crippen LogP contribution in [0.3, 0.4) is 0 Å². The number of nitrogens with zero attached hydrogens (tertiary/aromatic N) is 5. The van der Waals surface area contributed by atoms with Crippen LogP contribution in [0.5, 0.6) is 11.5 Å². The first-order chi connectivity index (χ1) is 13.8. The number of halogens is 1. The predicted octanol–water partition coefficient (Wildman–Crippen LogP) is -3.14. The lowest BCUT2D eigenvalue weighted by Gasteiger charge is -2.03. The summed E-state index contributed by atoms with van der Waals surface area (Å²) < 4.78 is -0.863. The fourth-order valence-electron chi connectivity index (χ4n) is 1.24. The molecule has 0 saturated heterocycles. The Morgan fingerprint density at radius 2 is 1.07 bits per heavy atom. The SMILES string of the molecule is NN=C(N)NN.NN=C(N)NN.O=[N+]([O-])c1c(O)c([N+](=O)[O-])c(Br)c([N+](=O)[O-])c1O. The van der Waals surface area contributed by atoms with Gasteiger partial charge in [0, 0.05) is 0 Å². The molecule has 30 heavy (non-hydrogen) atoms. The van der Waals surface area contributed by atoms with Gasteiger partial charge in [-0.1, -0.05) is 0 Å². The molecule has 0 spiro atoms. The number of hydrogen-bond acceptors (Lipinski definition) is 14. The highest BCUT2D eigenvalue weighted by molar-refractivity contribution is 9.10. The minimum absolute atomic E-state index is 0.0231. The topological polar surface area (TPSA) is 375 Å². The lowest BCUT2D eigenvalue weighted by molar-refractivity contribution is -0.406. The van der Waals surface area contributed by atoms with Gasteiger partial charge in [0.15, 0.2) is 4.47 Å². The number of rotatable bonds is 3. The molecule has 0 amide bonds. The fraction of sp³-hybridized carbons (Fsp3) is 0. The van der Waals surface area contributed by atoms with Crippen molar-refractivity contribution < 1.29 is 25.0 Å². The molecule has 16 N–H and O–H groups in total. The molecule has 0 aliphatic heterocycles. The van der Waals surface area contributed by atoms with Gasteiger partial charge in [0.25, 0.3) is 11.5 Å². The monoisotopic (exact) mass is 501 g/mol. The van der Waals surface area contributed by atoms with Crippen LogP contribution in [-0.4, -0.2) is 36.9 Å². The first-order valence-electron chi connectivity index (χ1n) is 6.52. The van der Waals surface area contributed by atoms with Crippen molar-refractivity contribution in [2.75, 3.05) is 0 Å². The van der Waals surface area contributed by atoms with Crippen molar-refractivity contribution in [1.29, 1.82) is 0 Å². The molecular formula is C8H16BrN13O8. The number of aromatic hydroxyl groups is 2. The molecule has 0 saturated carbocycles. The molecule has 1 aromatic carbocycles. The van der Waals surface area contributed by atoms with Crippen LogP contribution in [0.15, 0.2) is 14.7 Å². The van der Waals surface area contributed by atoms with Gasteiger partial charge < -0.3 is 33.4 Å². The molecule has 168 valence electrons. The van der Waals surface area contributed by atoms with Gasteiger partial charge in [0.05, 0.1) is 14.8 Å². The maximum atomic E-state index is 10.6. The average molecular weight is 502 g/mol. The van der Waals surface area contributed by atoms with E-state index in [9.17, 15) is 40.6 Å². The smallest absolute Gasteiger partial charge is 0.366 e. The summed E-state index contributed by atoms with van der Waals surface area (Å²) in [5, 5.41) is 56.2. The molecule has 0 aliphatic rings. The Hall–Kier alpha value is -4.44. The average Bonchev–Trinajstić information content (AvgIpc) is 2.66. The molecule has 0 heterocycles. The molecule has 21 nitrogen and oxygen atoms in total. The second-order valence-electron chi connectivity index (χ2n) is 4.15. The first kappa shape index (κ1) is 27.8. The number of nitro groups is 3. The van der Waals surface area contributed by atoms with Gasteiger partial charge in [0.2, 0.25) is 11.9 Å². The quantitative estimate of drug-likeness (QED) is 0.0641. The van der Waals surface area contributed by atoms with Crippen LogP contribution in [0, 0.1) is 30.3 Å². The van der Waals surface area contributed by atoms with Gasteiger partial charge in [-0.3, -0.25) is 41.2 Å². The molecule has 0 radical (unpaired) electrons. The summed E-state index contributed by atoms with van der Waals surface area (Å²) in [7, 11) is 0. The summed E-state index contributed by atoms with van der Waals surface area (Å²) in [6.45, 7) is 0. The normalized spacial score (nSPS) is 10.5. The molecule has 0 aliphatic carbocycles. The number of nitro benzene ring substituents is 3. The van der Waals surface area contributed by atoms with Gasteiger partial charge in [-0.25, -0.2) is 11.7 Å². The van der Waals surface area contributed by atoms with Gasteiger partial charge in [-0.05, 0) is 15.9 Å². The van der Waals surface area contributed by atoms with Crippen molar-refractivity contribution in [1.82, 2.24) is 10.9 Å². The van der Waals surface area contributed by atoms with E-state index in [1.807, 2.05) is 10.9 Å². The third-order valence-electron chi connectivity index (χ3n) is 2.43. The van der Waals surface area contributed by atoms with Crippen LogP contribution in [0.4, 0.5) is 17.1 Å². The Morgan fingerprint density at radius 1 is 0.800 bits per heavy atom. The molecule has 1 aromatic rings. The van der Waals surface area contributed by atoms with Gasteiger partial charge in [-0.15, -0.1) is 10.2 Å². The second-order valence-corrected chi connectivity index (χ2v) is 4.94. The van der Waals surface area contributed by atoms with Crippen LogP contribution in [0.2, 0.25) is 0 Å². The Morgan fingerprint density at radius 3 is 1.20 bits per heavy atom. The number of phenols is 2. The minimum Gasteiger partial charge on any atom is -0.497 e. The Labute approximate surface area is 172 Å². The maximum absolute atomic E-state index is 10.6. The lowest BCUT2D eigenvalue weighted by Crippen LogP contribution is -2.37. The van der Waals surface area contributed by atoms with Crippen LogP contribution in [0.1, 0.15) is 0 Å². The highest BCUT2D eigenvalue weighted by Crippen LogP contribution is 2.53. The molecule has 0 bridgehead atoms. The number of benzene rings is 1. The van der Waals surface area contributed by atoms with Crippen LogP contribution in [-0.2, 0) is 0 Å². The van der Waals surface area contributed by atoms with E-state index in [1.165, 1.54) is 0 Å². The summed E-state index contributed by atoms with van der Waals surface area (Å²) in [5.74, 6) is 15.7. The number of guanidine groups is 2. The summed E-state index contributed by atoms with van der Waals surface area (Å²) in [6, 6.07) is 0. The number of hydrazine groups is 2. The van der Waals surface area contributed by atoms with Crippen molar-refractivity contribution in [2.45, 2.75) is 0 Å². The zero-order valence-electron chi connectivity index (χ0n) is 14.4. The molecule has 22 heteroatoms. The molecule has 0 aromatic heterocycles. The van der Waals surface area contributed by atoms with E-state index < -0.39 is 47.8 Å². The van der Waals surface area contributed by atoms with Gasteiger partial charge in [-0.2, -0.15) is 0 Å². The second kappa shape index (κ2) is 12.9. The van der Waals surface area contributed by atoms with Gasteiger partial charge >= 0.3 is 17.1 Å². The van der Waals surface area contributed by atoms with E-state index >= 15 is 0 Å². The third kappa shape index (κ3) is 7.66. The number of phenolic OH excluding ortho intramolecular Hbond substituents is 2. The zero-order valence-corrected chi connectivity index (χ0v) is 16.0. The van der Waals surface area contributed by atoms with E-state index in [0.29, 0.717) is 0 Å². The van der Waals surface area contributed by atoms with Crippen molar-refractivity contribution in [3.8, 4) is 11.5 Å².